The smallest absolute Gasteiger partial charge is 0.226 e. The van der Waals surface area contributed by atoms with E-state index in [2.05, 4.69) is 10.3 Å². The third kappa shape index (κ3) is 3.66. The van der Waals surface area contributed by atoms with Crippen LogP contribution < -0.4 is 14.8 Å². The van der Waals surface area contributed by atoms with Crippen LogP contribution in [0.1, 0.15) is 12.2 Å². The Morgan fingerprint density at radius 2 is 2.08 bits per heavy atom. The molecule has 0 unspecified atom stereocenters. The predicted molar refractivity (Wildman–Crippen MR) is 94.2 cm³/mol. The fourth-order valence-corrected chi connectivity index (χ4v) is 3.28. The number of carbonyl (C=O) groups is 1. The maximum Gasteiger partial charge on any atom is 0.226 e. The maximum atomic E-state index is 12.0. The molecule has 4 rings (SSSR count). The Morgan fingerprint density at radius 1 is 1.20 bits per heavy atom. The number of aryl methyl sites for hydroxylation is 1. The fraction of sp³-hybridized carbons (Fsp3) is 0.222. The molecule has 128 valence electrons. The number of fused-ring (bicyclic) bond motifs is 1. The van der Waals surface area contributed by atoms with Crippen molar-refractivity contribution >= 4 is 22.4 Å². The Balaban J connectivity index is 1.40. The van der Waals surface area contributed by atoms with Crippen LogP contribution >= 0.6 is 11.3 Å². The van der Waals surface area contributed by atoms with Gasteiger partial charge < -0.3 is 19.2 Å². The largest absolute Gasteiger partial charge is 0.486 e. The first-order chi connectivity index (χ1) is 12.3. The molecular formula is C18H16N2O4S. The van der Waals surface area contributed by atoms with Crippen LogP contribution in [0.15, 0.2) is 46.4 Å². The van der Waals surface area contributed by atoms with Crippen molar-refractivity contribution in [1.82, 2.24) is 4.98 Å². The van der Waals surface area contributed by atoms with Gasteiger partial charge in [0.05, 0.1) is 12.0 Å². The molecule has 7 heteroatoms. The van der Waals surface area contributed by atoms with Crippen molar-refractivity contribution in [2.45, 2.75) is 12.8 Å². The lowest BCUT2D eigenvalue weighted by atomic mass is 10.1. The van der Waals surface area contributed by atoms with Gasteiger partial charge in [0.15, 0.2) is 16.6 Å². The van der Waals surface area contributed by atoms with E-state index in [1.165, 1.54) is 11.3 Å². The van der Waals surface area contributed by atoms with Gasteiger partial charge in [-0.3, -0.25) is 4.79 Å². The fourth-order valence-electron chi connectivity index (χ4n) is 2.54. The van der Waals surface area contributed by atoms with Crippen molar-refractivity contribution in [2.75, 3.05) is 18.5 Å². The third-order valence-corrected chi connectivity index (χ3v) is 4.52. The number of carbonyl (C=O) groups excluding carboxylic acids is 1. The van der Waals surface area contributed by atoms with Crippen LogP contribution in [0.2, 0.25) is 0 Å². The topological polar surface area (TPSA) is 73.6 Å². The number of hydrogen-bond acceptors (Lipinski definition) is 6. The highest BCUT2D eigenvalue weighted by molar-refractivity contribution is 7.14. The van der Waals surface area contributed by atoms with Gasteiger partial charge in [0, 0.05) is 23.8 Å². The molecule has 1 aliphatic rings. The number of aromatic nitrogens is 1. The summed E-state index contributed by atoms with van der Waals surface area (Å²) in [5.74, 6) is 2.18. The van der Waals surface area contributed by atoms with Crippen LogP contribution in [0.5, 0.6) is 11.5 Å². The van der Waals surface area contributed by atoms with E-state index in [1.807, 2.05) is 35.7 Å². The quantitative estimate of drug-likeness (QED) is 0.754. The molecule has 6 nitrogen and oxygen atoms in total. The van der Waals surface area contributed by atoms with Crippen molar-refractivity contribution in [3.8, 4) is 22.8 Å². The van der Waals surface area contributed by atoms with Gasteiger partial charge in [-0.2, -0.15) is 0 Å². The second-order valence-corrected chi connectivity index (χ2v) is 6.38. The average Bonchev–Trinajstić information content (AvgIpc) is 3.31. The number of furan rings is 1. The molecule has 0 aliphatic carbocycles. The minimum Gasteiger partial charge on any atom is -0.486 e. The van der Waals surface area contributed by atoms with Crippen molar-refractivity contribution in [3.63, 3.8) is 0 Å². The summed E-state index contributed by atoms with van der Waals surface area (Å²) in [5.41, 5.74) is 1.72. The zero-order valence-electron chi connectivity index (χ0n) is 13.4. The van der Waals surface area contributed by atoms with Crippen LogP contribution in [0.3, 0.4) is 0 Å². The van der Waals surface area contributed by atoms with Crippen LogP contribution in [0.25, 0.3) is 11.3 Å². The zero-order valence-corrected chi connectivity index (χ0v) is 14.2. The molecule has 0 fully saturated rings. The highest BCUT2D eigenvalue weighted by Gasteiger charge is 2.14. The molecule has 3 aromatic rings. The van der Waals surface area contributed by atoms with E-state index in [1.54, 1.807) is 6.26 Å². The Bertz CT molecular complexity index is 873. The molecule has 0 atom stereocenters. The van der Waals surface area contributed by atoms with E-state index in [-0.39, 0.29) is 5.91 Å². The summed E-state index contributed by atoms with van der Waals surface area (Å²) < 4.78 is 16.3. The maximum absolute atomic E-state index is 12.0. The number of nitrogens with one attached hydrogen (secondary N) is 1. The molecule has 25 heavy (non-hydrogen) atoms. The van der Waals surface area contributed by atoms with Gasteiger partial charge >= 0.3 is 0 Å². The zero-order chi connectivity index (χ0) is 17.1. The summed E-state index contributed by atoms with van der Waals surface area (Å²) in [6, 6.07) is 9.40. The van der Waals surface area contributed by atoms with Gasteiger partial charge in [-0.05, 0) is 30.3 Å². The highest BCUT2D eigenvalue weighted by Crippen LogP contribution is 2.35. The minimum absolute atomic E-state index is 0.0838. The Hall–Kier alpha value is -2.80. The van der Waals surface area contributed by atoms with E-state index in [4.69, 9.17) is 13.9 Å². The summed E-state index contributed by atoms with van der Waals surface area (Å²) in [6.07, 6.45) is 2.53. The lowest BCUT2D eigenvalue weighted by molar-refractivity contribution is -0.116. The van der Waals surface area contributed by atoms with Gasteiger partial charge in [0.1, 0.15) is 19.0 Å². The molecule has 0 saturated heterocycles. The molecule has 1 aliphatic heterocycles. The summed E-state index contributed by atoms with van der Waals surface area (Å²) >= 11 is 1.39. The summed E-state index contributed by atoms with van der Waals surface area (Å²) in [4.78, 5) is 16.5. The van der Waals surface area contributed by atoms with Crippen molar-refractivity contribution in [3.05, 3.63) is 47.7 Å². The van der Waals surface area contributed by atoms with E-state index in [0.29, 0.717) is 31.2 Å². The Kier molecular flexibility index (Phi) is 4.39. The first-order valence-corrected chi connectivity index (χ1v) is 8.84. The number of nitrogens with zero attached hydrogens (tertiary/aromatic N) is 1. The second-order valence-electron chi connectivity index (χ2n) is 5.52. The minimum atomic E-state index is -0.0838. The first-order valence-electron chi connectivity index (χ1n) is 7.96. The highest BCUT2D eigenvalue weighted by atomic mass is 32.1. The summed E-state index contributed by atoms with van der Waals surface area (Å²) in [6.45, 7) is 1.11. The number of amides is 1. The number of ether oxygens (including phenoxy) is 2. The summed E-state index contributed by atoms with van der Waals surface area (Å²) in [5, 5.41) is 5.32. The molecule has 0 saturated carbocycles. The van der Waals surface area contributed by atoms with E-state index in [9.17, 15) is 4.79 Å². The monoisotopic (exact) mass is 356 g/mol. The van der Waals surface area contributed by atoms with E-state index >= 15 is 0 Å². The molecule has 2 aromatic heterocycles. The molecule has 1 N–H and O–H groups in total. The summed E-state index contributed by atoms with van der Waals surface area (Å²) in [7, 11) is 0. The molecular weight excluding hydrogens is 340 g/mol. The Labute approximate surface area is 148 Å². The first kappa shape index (κ1) is 15.7. The van der Waals surface area contributed by atoms with Gasteiger partial charge in [0.2, 0.25) is 5.91 Å². The van der Waals surface area contributed by atoms with Gasteiger partial charge in [-0.25, -0.2) is 4.98 Å². The number of thiazole rings is 1. The number of hydrogen-bond donors (Lipinski definition) is 1. The van der Waals surface area contributed by atoms with E-state index in [0.717, 1.165) is 28.5 Å². The molecule has 0 spiro atoms. The SMILES string of the molecule is O=C(CCc1ccco1)Nc1nc(-c2ccc3c(c2)OCCO3)cs1. The molecule has 3 heterocycles. The van der Waals surface area contributed by atoms with Crippen LogP contribution in [0, 0.1) is 0 Å². The van der Waals surface area contributed by atoms with Gasteiger partial charge in [-0.15, -0.1) is 11.3 Å². The van der Waals surface area contributed by atoms with Gasteiger partial charge in [0.25, 0.3) is 0 Å². The van der Waals surface area contributed by atoms with Crippen molar-refractivity contribution in [2.24, 2.45) is 0 Å². The van der Waals surface area contributed by atoms with Crippen LogP contribution in [-0.4, -0.2) is 24.1 Å². The number of benzene rings is 1. The Morgan fingerprint density at radius 3 is 2.92 bits per heavy atom. The normalized spacial score (nSPS) is 12.8. The average molecular weight is 356 g/mol. The van der Waals surface area contributed by atoms with Gasteiger partial charge in [-0.1, -0.05) is 0 Å². The van der Waals surface area contributed by atoms with Crippen molar-refractivity contribution < 1.29 is 18.7 Å². The predicted octanol–water partition coefficient (Wildman–Crippen LogP) is 3.75. The standard InChI is InChI=1S/C18H16N2O4S/c21-17(6-4-13-2-1-7-22-13)20-18-19-14(11-25-18)12-3-5-15-16(10-12)24-9-8-23-15/h1-3,5,7,10-11H,4,6,8-9H2,(H,19,20,21). The lowest BCUT2D eigenvalue weighted by Gasteiger charge is -2.18. The van der Waals surface area contributed by atoms with Crippen LogP contribution in [0.4, 0.5) is 5.13 Å². The third-order valence-electron chi connectivity index (χ3n) is 3.77. The molecule has 1 amide bonds. The van der Waals surface area contributed by atoms with Crippen LogP contribution in [-0.2, 0) is 11.2 Å². The lowest BCUT2D eigenvalue weighted by Crippen LogP contribution is -2.15. The molecule has 0 radical (unpaired) electrons. The van der Waals surface area contributed by atoms with E-state index < -0.39 is 0 Å². The number of rotatable bonds is 5. The molecule has 0 bridgehead atoms. The number of anilines is 1. The van der Waals surface area contributed by atoms with Crippen molar-refractivity contribution in [1.29, 1.82) is 0 Å². The second kappa shape index (κ2) is 6.98. The molecule has 1 aromatic carbocycles.